The average Bonchev–Trinajstić information content (AvgIpc) is 3.10. The zero-order chi connectivity index (χ0) is 16.2. The lowest BCUT2D eigenvalue weighted by molar-refractivity contribution is 0.796. The van der Waals surface area contributed by atoms with Gasteiger partial charge in [0.2, 0.25) is 0 Å². The highest BCUT2D eigenvalue weighted by Gasteiger charge is 2.05. The summed E-state index contributed by atoms with van der Waals surface area (Å²) in [5, 5.41) is 8.69. The topological polar surface area (TPSA) is 53.7 Å². The van der Waals surface area contributed by atoms with Crippen LogP contribution in [0.25, 0.3) is 4.96 Å². The van der Waals surface area contributed by atoms with Crippen molar-refractivity contribution in [3.8, 4) is 0 Å². The van der Waals surface area contributed by atoms with E-state index < -0.39 is 0 Å². The predicted octanol–water partition coefficient (Wildman–Crippen LogP) is 2.88. The Balaban J connectivity index is 1.56. The number of hydrogen-bond acceptors (Lipinski definition) is 3. The Morgan fingerprint density at radius 1 is 1.26 bits per heavy atom. The van der Waals surface area contributed by atoms with E-state index in [2.05, 4.69) is 52.7 Å². The number of guanidine groups is 1. The SMILES string of the molecule is CN=C(NCc1cn2ccsc2n1)NCc1ccc(C)cc1C. The summed E-state index contributed by atoms with van der Waals surface area (Å²) in [5.74, 6) is 0.779. The molecule has 0 saturated heterocycles. The van der Waals surface area contributed by atoms with E-state index in [1.165, 1.54) is 16.7 Å². The van der Waals surface area contributed by atoms with Crippen LogP contribution in [-0.4, -0.2) is 22.4 Å². The molecule has 2 N–H and O–H groups in total. The number of aliphatic imine (C=N–C) groups is 1. The molecule has 120 valence electrons. The van der Waals surface area contributed by atoms with Crippen molar-refractivity contribution >= 4 is 22.3 Å². The second-order valence-corrected chi connectivity index (χ2v) is 6.41. The third-order valence-electron chi connectivity index (χ3n) is 3.75. The molecule has 1 aromatic carbocycles. The van der Waals surface area contributed by atoms with Crippen LogP contribution in [0.5, 0.6) is 0 Å². The normalized spacial score (nSPS) is 11.9. The Labute approximate surface area is 140 Å². The van der Waals surface area contributed by atoms with Gasteiger partial charge in [-0.3, -0.25) is 9.39 Å². The van der Waals surface area contributed by atoms with Gasteiger partial charge in [-0.25, -0.2) is 4.98 Å². The van der Waals surface area contributed by atoms with Gasteiger partial charge in [0.1, 0.15) is 0 Å². The van der Waals surface area contributed by atoms with Gasteiger partial charge in [0.05, 0.1) is 12.2 Å². The standard InChI is InChI=1S/C17H21N5S/c1-12-4-5-14(13(2)8-12)9-19-16(18-3)20-10-15-11-22-6-7-23-17(22)21-15/h4-8,11H,9-10H2,1-3H3,(H2,18,19,20). The maximum atomic E-state index is 4.56. The van der Waals surface area contributed by atoms with Crippen LogP contribution in [0.1, 0.15) is 22.4 Å². The molecule has 3 aromatic rings. The third-order valence-corrected chi connectivity index (χ3v) is 4.52. The van der Waals surface area contributed by atoms with E-state index in [9.17, 15) is 0 Å². The summed E-state index contributed by atoms with van der Waals surface area (Å²) in [6.45, 7) is 5.66. The molecule has 3 rings (SSSR count). The number of nitrogens with zero attached hydrogens (tertiary/aromatic N) is 3. The summed E-state index contributed by atoms with van der Waals surface area (Å²) in [6, 6.07) is 6.50. The van der Waals surface area contributed by atoms with Crippen molar-refractivity contribution in [2.45, 2.75) is 26.9 Å². The van der Waals surface area contributed by atoms with Crippen LogP contribution in [0.3, 0.4) is 0 Å². The number of hydrogen-bond donors (Lipinski definition) is 2. The van der Waals surface area contributed by atoms with E-state index in [1.54, 1.807) is 18.4 Å². The van der Waals surface area contributed by atoms with Gasteiger partial charge in [-0.15, -0.1) is 11.3 Å². The first-order chi connectivity index (χ1) is 11.2. The number of fused-ring (bicyclic) bond motifs is 1. The number of benzene rings is 1. The van der Waals surface area contributed by atoms with Crippen LogP contribution >= 0.6 is 11.3 Å². The first kappa shape index (κ1) is 15.6. The molecule has 2 aromatic heterocycles. The molecule has 6 heteroatoms. The minimum atomic E-state index is 0.654. The van der Waals surface area contributed by atoms with Gasteiger partial charge in [0.25, 0.3) is 0 Å². The number of aromatic nitrogens is 2. The van der Waals surface area contributed by atoms with Crippen molar-refractivity contribution in [2.24, 2.45) is 4.99 Å². The molecular weight excluding hydrogens is 306 g/mol. The molecule has 0 aliphatic carbocycles. The molecule has 0 amide bonds. The van der Waals surface area contributed by atoms with Crippen LogP contribution in [-0.2, 0) is 13.1 Å². The Hall–Kier alpha value is -2.34. The Morgan fingerprint density at radius 3 is 2.83 bits per heavy atom. The van der Waals surface area contributed by atoms with Crippen molar-refractivity contribution in [3.05, 3.63) is 58.4 Å². The first-order valence-corrected chi connectivity index (χ1v) is 8.45. The van der Waals surface area contributed by atoms with E-state index in [0.29, 0.717) is 6.54 Å². The number of nitrogens with one attached hydrogen (secondary N) is 2. The zero-order valence-electron chi connectivity index (χ0n) is 13.6. The third kappa shape index (κ3) is 3.71. The minimum Gasteiger partial charge on any atom is -0.352 e. The number of imidazole rings is 1. The van der Waals surface area contributed by atoms with Crippen LogP contribution in [0.15, 0.2) is 41.0 Å². The van der Waals surface area contributed by atoms with Gasteiger partial charge in [0.15, 0.2) is 10.9 Å². The Morgan fingerprint density at radius 2 is 2.09 bits per heavy atom. The van der Waals surface area contributed by atoms with Gasteiger partial charge in [-0.2, -0.15) is 0 Å². The van der Waals surface area contributed by atoms with Gasteiger partial charge in [-0.1, -0.05) is 23.8 Å². The summed E-state index contributed by atoms with van der Waals surface area (Å²) in [4.78, 5) is 9.84. The fourth-order valence-corrected chi connectivity index (χ4v) is 3.20. The summed E-state index contributed by atoms with van der Waals surface area (Å²) in [6.07, 6.45) is 4.06. The smallest absolute Gasteiger partial charge is 0.193 e. The molecule has 0 aliphatic rings. The van der Waals surface area contributed by atoms with E-state index in [4.69, 9.17) is 0 Å². The molecule has 0 unspecified atom stereocenters. The molecule has 0 saturated carbocycles. The summed E-state index contributed by atoms with van der Waals surface area (Å²) in [5.41, 5.74) is 4.86. The van der Waals surface area contributed by atoms with E-state index in [1.807, 2.05) is 22.2 Å². The molecule has 2 heterocycles. The fourth-order valence-electron chi connectivity index (χ4n) is 2.48. The summed E-state index contributed by atoms with van der Waals surface area (Å²) >= 11 is 1.64. The van der Waals surface area contributed by atoms with Crippen molar-refractivity contribution in [2.75, 3.05) is 7.05 Å². The molecular formula is C17H21N5S. The lowest BCUT2D eigenvalue weighted by atomic mass is 10.1. The maximum absolute atomic E-state index is 4.56. The van der Waals surface area contributed by atoms with E-state index in [0.717, 1.165) is 23.2 Å². The van der Waals surface area contributed by atoms with Gasteiger partial charge < -0.3 is 10.6 Å². The highest BCUT2D eigenvalue weighted by Crippen LogP contribution is 2.11. The van der Waals surface area contributed by atoms with Crippen LogP contribution in [0, 0.1) is 13.8 Å². The molecule has 0 spiro atoms. The summed E-state index contributed by atoms with van der Waals surface area (Å²) < 4.78 is 2.04. The largest absolute Gasteiger partial charge is 0.352 e. The highest BCUT2D eigenvalue weighted by atomic mass is 32.1. The van der Waals surface area contributed by atoms with Crippen molar-refractivity contribution in [3.63, 3.8) is 0 Å². The molecule has 0 radical (unpaired) electrons. The second kappa shape index (κ2) is 6.83. The lowest BCUT2D eigenvalue weighted by Gasteiger charge is -2.12. The maximum Gasteiger partial charge on any atom is 0.193 e. The van der Waals surface area contributed by atoms with E-state index >= 15 is 0 Å². The van der Waals surface area contributed by atoms with Crippen LogP contribution < -0.4 is 10.6 Å². The summed E-state index contributed by atoms with van der Waals surface area (Å²) in [7, 11) is 1.78. The fraction of sp³-hybridized carbons (Fsp3) is 0.294. The molecule has 5 nitrogen and oxygen atoms in total. The average molecular weight is 327 g/mol. The molecule has 0 bridgehead atoms. The number of aryl methyl sites for hydroxylation is 2. The highest BCUT2D eigenvalue weighted by molar-refractivity contribution is 7.15. The zero-order valence-corrected chi connectivity index (χ0v) is 14.4. The van der Waals surface area contributed by atoms with Crippen LogP contribution in [0.2, 0.25) is 0 Å². The predicted molar refractivity (Wildman–Crippen MR) is 96.0 cm³/mol. The molecule has 0 atom stereocenters. The van der Waals surface area contributed by atoms with Crippen molar-refractivity contribution in [1.82, 2.24) is 20.0 Å². The number of rotatable bonds is 4. The Bertz CT molecular complexity index is 802. The molecule has 0 aliphatic heterocycles. The quantitative estimate of drug-likeness (QED) is 0.572. The molecule has 0 fully saturated rings. The van der Waals surface area contributed by atoms with Gasteiger partial charge in [-0.05, 0) is 25.0 Å². The van der Waals surface area contributed by atoms with Gasteiger partial charge >= 0.3 is 0 Å². The Kier molecular flexibility index (Phi) is 4.62. The molecule has 23 heavy (non-hydrogen) atoms. The van der Waals surface area contributed by atoms with Crippen LogP contribution in [0.4, 0.5) is 0 Å². The number of thiazole rings is 1. The second-order valence-electron chi connectivity index (χ2n) is 5.53. The van der Waals surface area contributed by atoms with Crippen molar-refractivity contribution in [1.29, 1.82) is 0 Å². The monoisotopic (exact) mass is 327 g/mol. The van der Waals surface area contributed by atoms with Gasteiger partial charge in [0, 0.05) is 31.4 Å². The lowest BCUT2D eigenvalue weighted by Crippen LogP contribution is -2.36. The van der Waals surface area contributed by atoms with Crippen molar-refractivity contribution < 1.29 is 0 Å². The first-order valence-electron chi connectivity index (χ1n) is 7.57. The minimum absolute atomic E-state index is 0.654. The van der Waals surface area contributed by atoms with E-state index in [-0.39, 0.29) is 0 Å².